The molecule has 4 nitrogen and oxygen atoms in total. The van der Waals surface area contributed by atoms with E-state index in [1.54, 1.807) is 24.9 Å². The van der Waals surface area contributed by atoms with Crippen LogP contribution in [0.5, 0.6) is 5.75 Å². The summed E-state index contributed by atoms with van der Waals surface area (Å²) in [5.74, 6) is 0.767. The number of benzene rings is 1. The molecule has 1 unspecified atom stereocenters. The van der Waals surface area contributed by atoms with Crippen molar-refractivity contribution in [2.24, 2.45) is 0 Å². The number of ether oxygens (including phenoxy) is 1. The largest absolute Gasteiger partial charge is 0.486 e. The fraction of sp³-hybridized carbons (Fsp3) is 0.333. The van der Waals surface area contributed by atoms with Crippen LogP contribution in [0.1, 0.15) is 22.7 Å². The highest BCUT2D eigenvalue weighted by Gasteiger charge is 2.38. The first-order valence-electron chi connectivity index (χ1n) is 6.83. The smallest absolute Gasteiger partial charge is 0.416 e. The van der Waals surface area contributed by atoms with Crippen molar-refractivity contribution in [2.45, 2.75) is 19.1 Å². The fourth-order valence-electron chi connectivity index (χ4n) is 2.63. The van der Waals surface area contributed by atoms with Crippen molar-refractivity contribution >= 4 is 17.4 Å². The third kappa shape index (κ3) is 2.93. The number of hydrogen-bond donors (Lipinski definition) is 0. The van der Waals surface area contributed by atoms with Crippen molar-refractivity contribution in [2.75, 3.05) is 18.6 Å². The summed E-state index contributed by atoms with van der Waals surface area (Å²) < 4.78 is 45.6. The number of nitrogens with zero attached hydrogens (tertiary/aromatic N) is 3. The van der Waals surface area contributed by atoms with Crippen molar-refractivity contribution in [1.82, 2.24) is 9.97 Å². The Labute approximate surface area is 135 Å². The molecule has 1 aromatic heterocycles. The van der Waals surface area contributed by atoms with Gasteiger partial charge in [0.15, 0.2) is 11.6 Å². The maximum atomic E-state index is 13.4. The zero-order chi connectivity index (χ0) is 16.8. The Hall–Kier alpha value is -2.02. The quantitative estimate of drug-likeness (QED) is 0.733. The van der Waals surface area contributed by atoms with E-state index in [0.717, 1.165) is 6.07 Å². The Balaban J connectivity index is 2.07. The topological polar surface area (TPSA) is 38.3 Å². The number of alkyl halides is 3. The van der Waals surface area contributed by atoms with Gasteiger partial charge in [-0.05, 0) is 30.2 Å². The number of aromatic nitrogens is 2. The molecule has 3 rings (SSSR count). The minimum absolute atomic E-state index is 0.0137. The van der Waals surface area contributed by atoms with Gasteiger partial charge in [-0.2, -0.15) is 18.2 Å². The van der Waals surface area contributed by atoms with Crippen LogP contribution in [-0.4, -0.2) is 23.6 Å². The number of halogens is 4. The van der Waals surface area contributed by atoms with Gasteiger partial charge < -0.3 is 9.64 Å². The van der Waals surface area contributed by atoms with Crippen LogP contribution in [0.25, 0.3) is 0 Å². The Morgan fingerprint density at radius 2 is 2.09 bits per heavy atom. The van der Waals surface area contributed by atoms with Gasteiger partial charge in [0.2, 0.25) is 5.28 Å². The van der Waals surface area contributed by atoms with Crippen LogP contribution < -0.4 is 9.64 Å². The number of likely N-dealkylation sites (N-methyl/N-ethyl adjacent to an activating group) is 1. The van der Waals surface area contributed by atoms with E-state index in [4.69, 9.17) is 16.3 Å². The summed E-state index contributed by atoms with van der Waals surface area (Å²) >= 11 is 5.78. The zero-order valence-corrected chi connectivity index (χ0v) is 13.1. The zero-order valence-electron chi connectivity index (χ0n) is 12.4. The summed E-state index contributed by atoms with van der Waals surface area (Å²) in [6, 6.07) is 3.66. The van der Waals surface area contributed by atoms with Gasteiger partial charge in [0.05, 0.1) is 17.8 Å². The van der Waals surface area contributed by atoms with E-state index in [1.807, 2.05) is 0 Å². The highest BCUT2D eigenvalue weighted by Crippen LogP contribution is 2.41. The average molecular weight is 344 g/mol. The minimum Gasteiger partial charge on any atom is -0.486 e. The molecule has 0 bridgehead atoms. The van der Waals surface area contributed by atoms with Gasteiger partial charge in [0, 0.05) is 7.05 Å². The van der Waals surface area contributed by atoms with Crippen molar-refractivity contribution in [3.05, 3.63) is 46.4 Å². The molecule has 0 saturated carbocycles. The third-order valence-corrected chi connectivity index (χ3v) is 3.96. The van der Waals surface area contributed by atoms with Gasteiger partial charge in [-0.3, -0.25) is 0 Å². The fourth-order valence-corrected chi connectivity index (χ4v) is 2.76. The van der Waals surface area contributed by atoms with Gasteiger partial charge in [0.25, 0.3) is 0 Å². The maximum absolute atomic E-state index is 13.4. The summed E-state index contributed by atoms with van der Waals surface area (Å²) in [5.41, 5.74) is 0.0266. The number of anilines is 1. The molecule has 1 aliphatic heterocycles. The Morgan fingerprint density at radius 1 is 1.35 bits per heavy atom. The van der Waals surface area contributed by atoms with E-state index in [-0.39, 0.29) is 17.5 Å². The molecule has 0 N–H and O–H groups in total. The highest BCUT2D eigenvalue weighted by atomic mass is 35.5. The predicted molar refractivity (Wildman–Crippen MR) is 79.9 cm³/mol. The molecule has 0 saturated heterocycles. The van der Waals surface area contributed by atoms with Crippen LogP contribution in [0.2, 0.25) is 5.28 Å². The summed E-state index contributed by atoms with van der Waals surface area (Å²) in [4.78, 5) is 9.50. The molecular weight excluding hydrogens is 331 g/mol. The third-order valence-electron chi connectivity index (χ3n) is 3.78. The number of fused-ring (bicyclic) bond motifs is 1. The highest BCUT2D eigenvalue weighted by molar-refractivity contribution is 6.28. The van der Waals surface area contributed by atoms with Crippen molar-refractivity contribution in [3.63, 3.8) is 0 Å². The van der Waals surface area contributed by atoms with Crippen molar-refractivity contribution < 1.29 is 17.9 Å². The normalized spacial score (nSPS) is 17.7. The Bertz CT molecular complexity index is 751. The van der Waals surface area contributed by atoms with Crippen LogP contribution in [0, 0.1) is 6.92 Å². The second-order valence-electron chi connectivity index (χ2n) is 5.35. The summed E-state index contributed by atoms with van der Waals surface area (Å²) in [6.07, 6.45) is -3.02. The molecule has 0 amide bonds. The first-order valence-corrected chi connectivity index (χ1v) is 7.21. The molecule has 2 heterocycles. The Morgan fingerprint density at radius 3 is 2.78 bits per heavy atom. The first kappa shape index (κ1) is 15.9. The number of aryl methyl sites for hydroxylation is 1. The number of rotatable bonds is 1. The van der Waals surface area contributed by atoms with Crippen LogP contribution in [0.4, 0.5) is 19.0 Å². The van der Waals surface area contributed by atoms with Crippen molar-refractivity contribution in [3.8, 4) is 5.75 Å². The summed E-state index contributed by atoms with van der Waals surface area (Å²) in [5, 5.41) is 0.0137. The summed E-state index contributed by atoms with van der Waals surface area (Å²) in [6.45, 7) is 1.70. The van der Waals surface area contributed by atoms with Gasteiger partial charge in [-0.1, -0.05) is 17.7 Å². The number of hydrogen-bond acceptors (Lipinski definition) is 4. The maximum Gasteiger partial charge on any atom is 0.416 e. The van der Waals surface area contributed by atoms with E-state index in [2.05, 4.69) is 9.97 Å². The predicted octanol–water partition coefficient (Wildman–Crippen LogP) is 4.03. The molecule has 0 spiro atoms. The van der Waals surface area contributed by atoms with Gasteiger partial charge >= 0.3 is 6.18 Å². The second-order valence-corrected chi connectivity index (χ2v) is 5.69. The first-order chi connectivity index (χ1) is 10.8. The SMILES string of the molecule is Cc1ccc(C2COc3cnc(Cl)nc3N2C)c(C(F)(F)F)c1. The van der Waals surface area contributed by atoms with E-state index in [0.29, 0.717) is 17.1 Å². The Kier molecular flexibility index (Phi) is 3.83. The molecule has 1 aromatic carbocycles. The molecular formula is C15H13ClF3N3O. The van der Waals surface area contributed by atoms with Gasteiger partial charge in [0.1, 0.15) is 6.61 Å². The van der Waals surface area contributed by atoms with Gasteiger partial charge in [-0.25, -0.2) is 4.98 Å². The molecule has 1 atom stereocenters. The molecule has 0 fully saturated rings. The lowest BCUT2D eigenvalue weighted by molar-refractivity contribution is -0.138. The molecule has 2 aromatic rings. The standard InChI is InChI=1S/C15H13ClF3N3O/c1-8-3-4-9(10(5-8)15(17,18)19)11-7-23-12-6-20-14(16)21-13(12)22(11)2/h3-6,11H,7H2,1-2H3. The molecule has 0 radical (unpaired) electrons. The molecule has 122 valence electrons. The van der Waals surface area contributed by atoms with E-state index in [9.17, 15) is 13.2 Å². The monoisotopic (exact) mass is 343 g/mol. The average Bonchev–Trinajstić information content (AvgIpc) is 2.48. The summed E-state index contributed by atoms with van der Waals surface area (Å²) in [7, 11) is 1.66. The van der Waals surface area contributed by atoms with Crippen LogP contribution >= 0.6 is 11.6 Å². The molecule has 0 aliphatic carbocycles. The minimum atomic E-state index is -4.44. The lowest BCUT2D eigenvalue weighted by atomic mass is 9.96. The van der Waals surface area contributed by atoms with E-state index >= 15 is 0 Å². The van der Waals surface area contributed by atoms with E-state index in [1.165, 1.54) is 12.3 Å². The van der Waals surface area contributed by atoms with Crippen LogP contribution in [0.15, 0.2) is 24.4 Å². The van der Waals surface area contributed by atoms with Crippen LogP contribution in [-0.2, 0) is 6.18 Å². The van der Waals surface area contributed by atoms with E-state index < -0.39 is 17.8 Å². The van der Waals surface area contributed by atoms with Crippen LogP contribution in [0.3, 0.4) is 0 Å². The van der Waals surface area contributed by atoms with Crippen molar-refractivity contribution in [1.29, 1.82) is 0 Å². The molecule has 1 aliphatic rings. The second kappa shape index (κ2) is 5.56. The lowest BCUT2D eigenvalue weighted by Crippen LogP contribution is -2.35. The molecule has 23 heavy (non-hydrogen) atoms. The van der Waals surface area contributed by atoms with Gasteiger partial charge in [-0.15, -0.1) is 0 Å². The molecule has 8 heteroatoms. The lowest BCUT2D eigenvalue weighted by Gasteiger charge is -2.36.